The molecule has 1 aliphatic rings. The lowest BCUT2D eigenvalue weighted by Crippen LogP contribution is -2.59. The number of methoxy groups -OCH3 is 1. The van der Waals surface area contributed by atoms with E-state index in [2.05, 4.69) is 10.00 Å². The number of rotatable bonds is 10. The van der Waals surface area contributed by atoms with Crippen molar-refractivity contribution in [2.24, 2.45) is 0 Å². The van der Waals surface area contributed by atoms with Crippen LogP contribution in [0.2, 0.25) is 5.02 Å². The van der Waals surface area contributed by atoms with Gasteiger partial charge in [0.25, 0.3) is 0 Å². The van der Waals surface area contributed by atoms with Crippen LogP contribution >= 0.6 is 11.6 Å². The molecule has 2 aromatic carbocycles. The van der Waals surface area contributed by atoms with Gasteiger partial charge in [-0.3, -0.25) is 9.58 Å². The van der Waals surface area contributed by atoms with Crippen molar-refractivity contribution in [3.8, 4) is 17.2 Å². The minimum Gasteiger partial charge on any atom is -0.493 e. The van der Waals surface area contributed by atoms with Gasteiger partial charge >= 0.3 is 0 Å². The number of hydrogen-bond acceptors (Lipinski definition) is 7. The number of piperidine rings is 1. The normalized spacial score (nSPS) is 20.8. The molecule has 0 bridgehead atoms. The Bertz CT molecular complexity index is 1050. The minimum atomic E-state index is -1.38. The number of ether oxygens (including phenoxy) is 3. The first-order chi connectivity index (χ1) is 16.4. The maximum absolute atomic E-state index is 11.2. The van der Waals surface area contributed by atoms with E-state index in [9.17, 15) is 10.2 Å². The Labute approximate surface area is 204 Å². The average molecular weight is 488 g/mol. The Morgan fingerprint density at radius 1 is 1.15 bits per heavy atom. The maximum Gasteiger partial charge on any atom is 0.161 e. The van der Waals surface area contributed by atoms with Gasteiger partial charge in [-0.25, -0.2) is 0 Å². The second kappa shape index (κ2) is 11.1. The highest BCUT2D eigenvalue weighted by Crippen LogP contribution is 2.30. The lowest BCUT2D eigenvalue weighted by molar-refractivity contribution is -0.140. The highest BCUT2D eigenvalue weighted by molar-refractivity contribution is 6.30. The topological polar surface area (TPSA) is 89.2 Å². The molecule has 8 nitrogen and oxygen atoms in total. The molecular weight excluding hydrogens is 458 g/mol. The van der Waals surface area contributed by atoms with Gasteiger partial charge in [-0.2, -0.15) is 5.10 Å². The molecule has 1 aromatic heterocycles. The molecule has 0 amide bonds. The van der Waals surface area contributed by atoms with Gasteiger partial charge < -0.3 is 24.4 Å². The van der Waals surface area contributed by atoms with E-state index in [1.165, 1.54) is 0 Å². The zero-order valence-electron chi connectivity index (χ0n) is 19.1. The first-order valence-electron chi connectivity index (χ1n) is 11.2. The van der Waals surface area contributed by atoms with E-state index in [-0.39, 0.29) is 13.2 Å². The molecule has 0 saturated carbocycles. The number of benzene rings is 2. The number of hydrogen-bond donors (Lipinski definition) is 2. The van der Waals surface area contributed by atoms with Crippen molar-refractivity contribution in [1.82, 2.24) is 14.7 Å². The number of nitrogens with zero attached hydrogens (tertiary/aromatic N) is 3. The summed E-state index contributed by atoms with van der Waals surface area (Å²) in [6.45, 7) is 2.60. The Balaban J connectivity index is 1.37. The first-order valence-corrected chi connectivity index (χ1v) is 11.6. The van der Waals surface area contributed by atoms with Crippen LogP contribution < -0.4 is 14.2 Å². The first kappa shape index (κ1) is 24.3. The summed E-state index contributed by atoms with van der Waals surface area (Å²) >= 11 is 5.92. The second-order valence-corrected chi connectivity index (χ2v) is 8.90. The fourth-order valence-electron chi connectivity index (χ4n) is 4.03. The highest BCUT2D eigenvalue weighted by atomic mass is 35.5. The van der Waals surface area contributed by atoms with Crippen LogP contribution in [0, 0.1) is 0 Å². The zero-order valence-corrected chi connectivity index (χ0v) is 19.9. The molecule has 2 heterocycles. The van der Waals surface area contributed by atoms with Gasteiger partial charge in [-0.05, 0) is 54.4 Å². The van der Waals surface area contributed by atoms with Gasteiger partial charge in [-0.15, -0.1) is 0 Å². The minimum absolute atomic E-state index is 0.0172. The van der Waals surface area contributed by atoms with Crippen LogP contribution in [0.15, 0.2) is 60.9 Å². The van der Waals surface area contributed by atoms with E-state index in [0.717, 1.165) is 5.56 Å². The molecule has 3 aromatic rings. The fourth-order valence-corrected chi connectivity index (χ4v) is 4.16. The molecule has 0 unspecified atom stereocenters. The van der Waals surface area contributed by atoms with Gasteiger partial charge in [0.15, 0.2) is 11.5 Å². The molecule has 4 rings (SSSR count). The van der Waals surface area contributed by atoms with Crippen LogP contribution in [-0.4, -0.2) is 70.0 Å². The molecule has 0 radical (unpaired) electrons. The Morgan fingerprint density at radius 2 is 1.97 bits per heavy atom. The molecule has 2 atom stereocenters. The molecule has 34 heavy (non-hydrogen) atoms. The largest absolute Gasteiger partial charge is 0.493 e. The molecule has 1 aliphatic heterocycles. The number of aliphatic hydroxyl groups excluding tert-OH is 1. The van der Waals surface area contributed by atoms with Gasteiger partial charge in [0.2, 0.25) is 0 Å². The van der Waals surface area contributed by atoms with Crippen molar-refractivity contribution < 1.29 is 24.4 Å². The monoisotopic (exact) mass is 487 g/mol. The second-order valence-electron chi connectivity index (χ2n) is 8.46. The predicted molar refractivity (Wildman–Crippen MR) is 129 cm³/mol. The summed E-state index contributed by atoms with van der Waals surface area (Å²) < 4.78 is 19.0. The van der Waals surface area contributed by atoms with E-state index < -0.39 is 11.7 Å². The number of aromatic nitrogens is 2. The van der Waals surface area contributed by atoms with Crippen molar-refractivity contribution in [3.05, 3.63) is 71.5 Å². The molecule has 2 N–H and O–H groups in total. The van der Waals surface area contributed by atoms with E-state index in [4.69, 9.17) is 25.8 Å². The molecule has 0 aliphatic carbocycles. The summed E-state index contributed by atoms with van der Waals surface area (Å²) in [6.07, 6.45) is 3.20. The predicted octanol–water partition coefficient (Wildman–Crippen LogP) is 3.00. The van der Waals surface area contributed by atoms with Gasteiger partial charge in [0.05, 0.1) is 19.8 Å². The third-order valence-electron chi connectivity index (χ3n) is 5.91. The van der Waals surface area contributed by atoms with Crippen molar-refractivity contribution >= 4 is 11.6 Å². The third-order valence-corrected chi connectivity index (χ3v) is 6.16. The molecule has 1 saturated heterocycles. The highest BCUT2D eigenvalue weighted by Gasteiger charge is 2.42. The lowest BCUT2D eigenvalue weighted by Gasteiger charge is -2.42. The summed E-state index contributed by atoms with van der Waals surface area (Å²) in [5, 5.41) is 26.4. The average Bonchev–Trinajstić information content (AvgIpc) is 3.35. The Kier molecular flexibility index (Phi) is 7.95. The van der Waals surface area contributed by atoms with Gasteiger partial charge in [0, 0.05) is 37.1 Å². The van der Waals surface area contributed by atoms with Gasteiger partial charge in [0.1, 0.15) is 24.6 Å². The van der Waals surface area contributed by atoms with Crippen LogP contribution in [0.3, 0.4) is 0 Å². The maximum atomic E-state index is 11.2. The number of likely N-dealkylation sites (tertiary alicyclic amines) is 1. The van der Waals surface area contributed by atoms with Crippen LogP contribution in [0.4, 0.5) is 0 Å². The van der Waals surface area contributed by atoms with E-state index >= 15 is 0 Å². The van der Waals surface area contributed by atoms with Crippen LogP contribution in [0.5, 0.6) is 17.2 Å². The summed E-state index contributed by atoms with van der Waals surface area (Å²) in [5.74, 6) is 1.91. The quantitative estimate of drug-likeness (QED) is 0.454. The SMILES string of the molecule is COc1ccc(CN2CC[C@H](O)[C@@](O)(COc3ccc(Cl)cc3)C2)cc1OCCn1cccn1. The van der Waals surface area contributed by atoms with Gasteiger partial charge in [-0.1, -0.05) is 17.7 Å². The van der Waals surface area contributed by atoms with Crippen LogP contribution in [0.1, 0.15) is 12.0 Å². The summed E-state index contributed by atoms with van der Waals surface area (Å²) in [4.78, 5) is 2.10. The van der Waals surface area contributed by atoms with Crippen LogP contribution in [0.25, 0.3) is 0 Å². The molecule has 9 heteroatoms. The van der Waals surface area contributed by atoms with Crippen molar-refractivity contribution in [3.63, 3.8) is 0 Å². The van der Waals surface area contributed by atoms with Crippen molar-refractivity contribution in [2.45, 2.75) is 31.2 Å². The van der Waals surface area contributed by atoms with E-state index in [1.807, 2.05) is 35.1 Å². The standard InChI is InChI=1S/C25H30ClN3O5/c1-32-22-8-3-19(15-23(22)33-14-13-29-11-2-10-27-29)16-28-12-9-24(30)25(31,17-28)18-34-21-6-4-20(26)5-7-21/h2-8,10-11,15,24,30-31H,9,12-14,16-18H2,1H3/t24-,25-/m0/s1. The molecule has 1 fully saturated rings. The molecular formula is C25H30ClN3O5. The van der Waals surface area contributed by atoms with Crippen molar-refractivity contribution in [1.29, 1.82) is 0 Å². The smallest absolute Gasteiger partial charge is 0.161 e. The molecule has 0 spiro atoms. The fraction of sp³-hybridized carbons (Fsp3) is 0.400. The van der Waals surface area contributed by atoms with E-state index in [0.29, 0.717) is 54.9 Å². The Morgan fingerprint density at radius 3 is 2.71 bits per heavy atom. The third kappa shape index (κ3) is 6.21. The molecule has 182 valence electrons. The van der Waals surface area contributed by atoms with Crippen LogP contribution in [-0.2, 0) is 13.1 Å². The zero-order chi connectivity index (χ0) is 24.0. The summed E-state index contributed by atoms with van der Waals surface area (Å²) in [5.41, 5.74) is -0.361. The summed E-state index contributed by atoms with van der Waals surface area (Å²) in [6, 6.07) is 14.6. The summed E-state index contributed by atoms with van der Waals surface area (Å²) in [7, 11) is 1.61. The van der Waals surface area contributed by atoms with Crippen molar-refractivity contribution in [2.75, 3.05) is 33.4 Å². The lowest BCUT2D eigenvalue weighted by atomic mass is 9.90. The number of halogens is 1. The Hall–Kier alpha value is -2.78. The number of β-amino-alcohol motifs (C(OH)–C–C–N with tert-alkyl or cyclic N) is 1. The number of aliphatic hydroxyl groups is 2. The van der Waals surface area contributed by atoms with E-state index in [1.54, 1.807) is 37.6 Å².